The molecular formula is C21H22BrF2NO4. The third-order valence-corrected chi connectivity index (χ3v) is 4.25. The van der Waals surface area contributed by atoms with Crippen LogP contribution in [0.4, 0.5) is 8.78 Å². The summed E-state index contributed by atoms with van der Waals surface area (Å²) in [6.45, 7) is 2.18. The molecule has 29 heavy (non-hydrogen) atoms. The van der Waals surface area contributed by atoms with Crippen molar-refractivity contribution in [3.8, 4) is 11.5 Å². The van der Waals surface area contributed by atoms with Gasteiger partial charge in [0.05, 0.1) is 19.8 Å². The van der Waals surface area contributed by atoms with Crippen LogP contribution in [0, 0.1) is 6.92 Å². The second-order valence-electron chi connectivity index (χ2n) is 6.16. The minimum atomic E-state index is -3.57. The second-order valence-corrected chi connectivity index (χ2v) is 7.08. The molecule has 0 aromatic heterocycles. The van der Waals surface area contributed by atoms with Crippen LogP contribution in [-0.4, -0.2) is 31.7 Å². The van der Waals surface area contributed by atoms with E-state index in [0.717, 1.165) is 17.4 Å². The van der Waals surface area contributed by atoms with Gasteiger partial charge in [-0.2, -0.15) is 8.78 Å². The normalized spacial score (nSPS) is 11.7. The number of halogens is 3. The maximum Gasteiger partial charge on any atom is 0.458 e. The summed E-state index contributed by atoms with van der Waals surface area (Å²) in [6, 6.07) is 12.4. The topological polar surface area (TPSA) is 56.8 Å². The molecule has 1 N–H and O–H groups in total. The number of rotatable bonds is 9. The Morgan fingerprint density at radius 2 is 1.76 bits per heavy atom. The van der Waals surface area contributed by atoms with Crippen LogP contribution in [0.2, 0.25) is 0 Å². The standard InChI is InChI=1S/C21H22BrF2NO4/c1-14-4-7-16(8-5-14)17(13-29-21(22,23)24)20(26)25-11-10-15-6-9-18(27-2)19(12-15)28-3/h4-9,12-13H,10-11H2,1-3H3,(H,25,26). The van der Waals surface area contributed by atoms with Crippen molar-refractivity contribution >= 4 is 27.4 Å². The quantitative estimate of drug-likeness (QED) is 0.329. The molecule has 0 unspecified atom stereocenters. The Bertz CT molecular complexity index is 864. The van der Waals surface area contributed by atoms with Gasteiger partial charge in [-0.25, -0.2) is 0 Å². The lowest BCUT2D eigenvalue weighted by Crippen LogP contribution is -2.27. The van der Waals surface area contributed by atoms with Crippen LogP contribution in [0.1, 0.15) is 16.7 Å². The number of amides is 1. The number of carbonyl (C=O) groups is 1. The van der Waals surface area contributed by atoms with Gasteiger partial charge < -0.3 is 19.5 Å². The van der Waals surface area contributed by atoms with E-state index < -0.39 is 10.9 Å². The number of benzene rings is 2. The lowest BCUT2D eigenvalue weighted by atomic mass is 10.0. The first-order valence-electron chi connectivity index (χ1n) is 8.74. The van der Waals surface area contributed by atoms with E-state index in [-0.39, 0.29) is 5.57 Å². The summed E-state index contributed by atoms with van der Waals surface area (Å²) in [6.07, 6.45) is 1.27. The van der Waals surface area contributed by atoms with Crippen molar-refractivity contribution in [3.63, 3.8) is 0 Å². The third-order valence-electron chi connectivity index (χ3n) is 4.06. The Morgan fingerprint density at radius 1 is 1.10 bits per heavy atom. The summed E-state index contributed by atoms with van der Waals surface area (Å²) < 4.78 is 40.9. The molecular weight excluding hydrogens is 448 g/mol. The van der Waals surface area contributed by atoms with Crippen LogP contribution in [0.25, 0.3) is 5.57 Å². The van der Waals surface area contributed by atoms with Crippen molar-refractivity contribution in [2.75, 3.05) is 20.8 Å². The van der Waals surface area contributed by atoms with Crippen molar-refractivity contribution in [3.05, 3.63) is 65.4 Å². The van der Waals surface area contributed by atoms with Gasteiger partial charge in [-0.05, 0) is 36.6 Å². The fourth-order valence-electron chi connectivity index (χ4n) is 2.56. The number of carbonyl (C=O) groups excluding carboxylic acids is 1. The van der Waals surface area contributed by atoms with Crippen LogP contribution in [-0.2, 0) is 16.0 Å². The largest absolute Gasteiger partial charge is 0.493 e. The van der Waals surface area contributed by atoms with Crippen LogP contribution in [0.3, 0.4) is 0 Å². The zero-order chi connectivity index (χ0) is 21.4. The summed E-state index contributed by atoms with van der Waals surface area (Å²) >= 11 is 2.09. The maximum atomic E-state index is 13.0. The average molecular weight is 470 g/mol. The number of alkyl halides is 3. The molecule has 0 fully saturated rings. The highest BCUT2D eigenvalue weighted by Crippen LogP contribution is 2.28. The minimum absolute atomic E-state index is 0.00330. The monoisotopic (exact) mass is 469 g/mol. The zero-order valence-corrected chi connectivity index (χ0v) is 17.9. The van der Waals surface area contributed by atoms with Crippen molar-refractivity contribution < 1.29 is 27.8 Å². The molecule has 2 rings (SSSR count). The molecule has 0 atom stereocenters. The van der Waals surface area contributed by atoms with E-state index in [4.69, 9.17) is 9.47 Å². The third kappa shape index (κ3) is 7.05. The van der Waals surface area contributed by atoms with Gasteiger partial charge in [-0.3, -0.25) is 4.79 Å². The first kappa shape index (κ1) is 22.7. The minimum Gasteiger partial charge on any atom is -0.493 e. The molecule has 0 saturated heterocycles. The number of ether oxygens (including phenoxy) is 3. The Morgan fingerprint density at radius 3 is 2.34 bits per heavy atom. The molecule has 0 saturated carbocycles. The molecule has 1 amide bonds. The van der Waals surface area contributed by atoms with Crippen LogP contribution in [0.15, 0.2) is 48.7 Å². The Hall–Kier alpha value is -2.61. The molecule has 0 heterocycles. The Kier molecular flexibility index (Phi) is 8.01. The van der Waals surface area contributed by atoms with Crippen molar-refractivity contribution in [2.45, 2.75) is 18.4 Å². The molecule has 156 valence electrons. The smallest absolute Gasteiger partial charge is 0.458 e. The van der Waals surface area contributed by atoms with Gasteiger partial charge in [0.15, 0.2) is 11.5 Å². The summed E-state index contributed by atoms with van der Waals surface area (Å²) in [5.74, 6) is 0.674. The molecule has 0 bridgehead atoms. The highest BCUT2D eigenvalue weighted by molar-refractivity contribution is 9.09. The van der Waals surface area contributed by atoms with E-state index in [1.54, 1.807) is 44.6 Å². The van der Waals surface area contributed by atoms with Crippen LogP contribution >= 0.6 is 15.9 Å². The first-order valence-corrected chi connectivity index (χ1v) is 9.53. The van der Waals surface area contributed by atoms with Crippen LogP contribution < -0.4 is 14.8 Å². The van der Waals surface area contributed by atoms with Crippen molar-refractivity contribution in [1.29, 1.82) is 0 Å². The Balaban J connectivity index is 2.08. The fourth-order valence-corrected chi connectivity index (χ4v) is 2.66. The van der Waals surface area contributed by atoms with E-state index in [0.29, 0.717) is 30.0 Å². The predicted octanol–water partition coefficient (Wildman–Crippen LogP) is 4.67. The van der Waals surface area contributed by atoms with Gasteiger partial charge >= 0.3 is 5.02 Å². The van der Waals surface area contributed by atoms with Gasteiger partial charge in [-0.15, -0.1) is 0 Å². The van der Waals surface area contributed by atoms with E-state index >= 15 is 0 Å². The summed E-state index contributed by atoms with van der Waals surface area (Å²) in [5, 5.41) is -0.839. The number of methoxy groups -OCH3 is 2. The molecule has 2 aromatic rings. The molecule has 0 radical (unpaired) electrons. The lowest BCUT2D eigenvalue weighted by Gasteiger charge is -2.13. The summed E-state index contributed by atoms with van der Waals surface area (Å²) in [7, 11) is 3.09. The number of hydrogen-bond acceptors (Lipinski definition) is 4. The number of hydrogen-bond donors (Lipinski definition) is 1. The van der Waals surface area contributed by atoms with Crippen LogP contribution in [0.5, 0.6) is 11.5 Å². The second kappa shape index (κ2) is 10.2. The molecule has 0 spiro atoms. The highest BCUT2D eigenvalue weighted by Gasteiger charge is 2.25. The van der Waals surface area contributed by atoms with Gasteiger partial charge in [0.2, 0.25) is 0 Å². The van der Waals surface area contributed by atoms with E-state index in [1.807, 2.05) is 19.1 Å². The predicted molar refractivity (Wildman–Crippen MR) is 110 cm³/mol. The van der Waals surface area contributed by atoms with E-state index in [1.165, 1.54) is 0 Å². The van der Waals surface area contributed by atoms with E-state index in [9.17, 15) is 13.6 Å². The molecule has 2 aromatic carbocycles. The first-order chi connectivity index (χ1) is 13.7. The van der Waals surface area contributed by atoms with E-state index in [2.05, 4.69) is 26.0 Å². The van der Waals surface area contributed by atoms with Gasteiger partial charge in [0, 0.05) is 22.5 Å². The highest BCUT2D eigenvalue weighted by atomic mass is 79.9. The van der Waals surface area contributed by atoms with Gasteiger partial charge in [0.25, 0.3) is 5.91 Å². The lowest BCUT2D eigenvalue weighted by molar-refractivity contribution is -0.118. The number of aryl methyl sites for hydroxylation is 1. The fraction of sp³-hybridized carbons (Fsp3) is 0.286. The SMILES string of the molecule is COc1ccc(CCNC(=O)C(=COC(F)(F)Br)c2ccc(C)cc2)cc1OC. The summed E-state index contributed by atoms with van der Waals surface area (Å²) in [5.41, 5.74) is 2.37. The molecule has 0 aliphatic carbocycles. The molecule has 0 aliphatic rings. The van der Waals surface area contributed by atoms with Crippen molar-refractivity contribution in [2.24, 2.45) is 0 Å². The average Bonchev–Trinajstić information content (AvgIpc) is 2.68. The molecule has 8 heteroatoms. The summed E-state index contributed by atoms with van der Waals surface area (Å²) in [4.78, 5) is 12.6. The van der Waals surface area contributed by atoms with Crippen molar-refractivity contribution in [1.82, 2.24) is 5.32 Å². The Labute approximate surface area is 176 Å². The zero-order valence-electron chi connectivity index (χ0n) is 16.3. The number of nitrogens with one attached hydrogen (secondary N) is 1. The maximum absolute atomic E-state index is 13.0. The van der Waals surface area contributed by atoms with Gasteiger partial charge in [0.1, 0.15) is 6.26 Å². The van der Waals surface area contributed by atoms with Gasteiger partial charge in [-0.1, -0.05) is 35.9 Å². The molecule has 5 nitrogen and oxygen atoms in total. The molecule has 0 aliphatic heterocycles.